The van der Waals surface area contributed by atoms with Gasteiger partial charge in [0.2, 0.25) is 10.0 Å². The first-order valence-corrected chi connectivity index (χ1v) is 12.4. The molecule has 0 radical (unpaired) electrons. The van der Waals surface area contributed by atoms with Gasteiger partial charge in [0.15, 0.2) is 6.10 Å². The fraction of sp³-hybridized carbons (Fsp3) is 0.409. The predicted octanol–water partition coefficient (Wildman–Crippen LogP) is 5.35. The zero-order valence-corrected chi connectivity index (χ0v) is 19.8. The van der Waals surface area contributed by atoms with Crippen molar-refractivity contribution in [2.45, 2.75) is 56.1 Å². The minimum Gasteiger partial charge on any atom is -0.479 e. The van der Waals surface area contributed by atoms with E-state index in [0.29, 0.717) is 21.5 Å². The monoisotopic (exact) mass is 484 g/mol. The number of anilines is 1. The van der Waals surface area contributed by atoms with E-state index < -0.39 is 16.1 Å². The van der Waals surface area contributed by atoms with Gasteiger partial charge >= 0.3 is 0 Å². The third kappa shape index (κ3) is 5.92. The molecular formula is C22H26Cl2N2O4S. The van der Waals surface area contributed by atoms with Crippen molar-refractivity contribution >= 4 is 44.8 Å². The van der Waals surface area contributed by atoms with Crippen LogP contribution in [-0.2, 0) is 14.8 Å². The fourth-order valence-corrected chi connectivity index (χ4v) is 5.44. The lowest BCUT2D eigenvalue weighted by atomic mass is 9.96. The summed E-state index contributed by atoms with van der Waals surface area (Å²) in [6.45, 7) is 1.60. The van der Waals surface area contributed by atoms with Gasteiger partial charge in [0.05, 0.1) is 9.92 Å². The van der Waals surface area contributed by atoms with Crippen molar-refractivity contribution in [3.05, 3.63) is 52.5 Å². The van der Waals surface area contributed by atoms with E-state index in [2.05, 4.69) is 5.32 Å². The minimum absolute atomic E-state index is 0.0378. The highest BCUT2D eigenvalue weighted by atomic mass is 35.5. The first kappa shape index (κ1) is 23.9. The molecule has 0 spiro atoms. The van der Waals surface area contributed by atoms with Crippen LogP contribution < -0.4 is 10.1 Å². The summed E-state index contributed by atoms with van der Waals surface area (Å²) in [7, 11) is -1.94. The molecule has 1 aliphatic rings. The largest absolute Gasteiger partial charge is 0.479 e. The Bertz CT molecular complexity index is 1020. The lowest BCUT2D eigenvalue weighted by Gasteiger charge is -2.30. The van der Waals surface area contributed by atoms with E-state index >= 15 is 0 Å². The van der Waals surface area contributed by atoms with Crippen LogP contribution >= 0.6 is 23.2 Å². The zero-order valence-electron chi connectivity index (χ0n) is 17.5. The van der Waals surface area contributed by atoms with Crippen molar-refractivity contribution in [1.82, 2.24) is 4.31 Å². The van der Waals surface area contributed by atoms with Gasteiger partial charge in [-0.2, -0.15) is 4.31 Å². The van der Waals surface area contributed by atoms with Gasteiger partial charge in [0.1, 0.15) is 5.75 Å². The number of benzene rings is 2. The average molecular weight is 485 g/mol. The van der Waals surface area contributed by atoms with Crippen LogP contribution in [0.25, 0.3) is 0 Å². The summed E-state index contributed by atoms with van der Waals surface area (Å²) in [6.07, 6.45) is 4.22. The normalized spacial score (nSPS) is 16.2. The second-order valence-corrected chi connectivity index (χ2v) is 10.5. The molecule has 31 heavy (non-hydrogen) atoms. The topological polar surface area (TPSA) is 75.7 Å². The summed E-state index contributed by atoms with van der Waals surface area (Å²) in [5.41, 5.74) is 0.474. The molecule has 6 nitrogen and oxygen atoms in total. The van der Waals surface area contributed by atoms with Gasteiger partial charge in [-0.1, -0.05) is 42.5 Å². The van der Waals surface area contributed by atoms with Crippen molar-refractivity contribution in [2.24, 2.45) is 0 Å². The van der Waals surface area contributed by atoms with Gasteiger partial charge in [-0.25, -0.2) is 8.42 Å². The Morgan fingerprint density at radius 1 is 1.10 bits per heavy atom. The summed E-state index contributed by atoms with van der Waals surface area (Å²) in [4.78, 5) is 12.7. The number of carbonyl (C=O) groups excluding carboxylic acids is 1. The van der Waals surface area contributed by atoms with E-state index in [9.17, 15) is 13.2 Å². The van der Waals surface area contributed by atoms with E-state index in [1.807, 2.05) is 0 Å². The summed E-state index contributed by atoms with van der Waals surface area (Å²) < 4.78 is 32.9. The van der Waals surface area contributed by atoms with Crippen LogP contribution in [0.3, 0.4) is 0 Å². The summed E-state index contributed by atoms with van der Waals surface area (Å²) >= 11 is 11.9. The maximum Gasteiger partial charge on any atom is 0.265 e. The quantitative estimate of drug-likeness (QED) is 0.574. The Morgan fingerprint density at radius 2 is 1.74 bits per heavy atom. The van der Waals surface area contributed by atoms with Crippen molar-refractivity contribution in [1.29, 1.82) is 0 Å². The lowest BCUT2D eigenvalue weighted by molar-refractivity contribution is -0.122. The van der Waals surface area contributed by atoms with E-state index in [1.165, 1.54) is 22.5 Å². The molecule has 0 heterocycles. The lowest BCUT2D eigenvalue weighted by Crippen LogP contribution is -2.38. The molecule has 1 atom stereocenters. The number of nitrogens with zero attached hydrogens (tertiary/aromatic N) is 1. The Morgan fingerprint density at radius 3 is 2.35 bits per heavy atom. The Balaban J connectivity index is 1.63. The number of carbonyl (C=O) groups is 1. The molecule has 9 heteroatoms. The SMILES string of the molecule is CC(Oc1ccc(Cl)cc1Cl)C(=O)Nc1ccc(S(=O)(=O)N(C)C2CCCCC2)cc1. The first-order valence-electron chi connectivity index (χ1n) is 10.2. The van der Waals surface area contributed by atoms with Gasteiger partial charge in [0, 0.05) is 23.8 Å². The van der Waals surface area contributed by atoms with E-state index in [4.69, 9.17) is 27.9 Å². The zero-order chi connectivity index (χ0) is 22.6. The summed E-state index contributed by atoms with van der Waals surface area (Å²) in [5.74, 6) is -0.0399. The molecule has 1 aliphatic carbocycles. The van der Waals surface area contributed by atoms with Crippen molar-refractivity contribution < 1.29 is 17.9 Å². The van der Waals surface area contributed by atoms with Crippen LogP contribution in [0.15, 0.2) is 47.4 Å². The highest BCUT2D eigenvalue weighted by molar-refractivity contribution is 7.89. The van der Waals surface area contributed by atoms with Gasteiger partial charge in [-0.05, 0) is 62.2 Å². The van der Waals surface area contributed by atoms with Crippen LogP contribution in [0.1, 0.15) is 39.0 Å². The number of amides is 1. The van der Waals surface area contributed by atoms with Crippen molar-refractivity contribution in [3.8, 4) is 5.75 Å². The molecule has 1 saturated carbocycles. The first-order chi connectivity index (χ1) is 14.7. The molecule has 1 unspecified atom stereocenters. The van der Waals surface area contributed by atoms with E-state index in [0.717, 1.165) is 32.1 Å². The molecular weight excluding hydrogens is 459 g/mol. The molecule has 0 saturated heterocycles. The number of sulfonamides is 1. The third-order valence-electron chi connectivity index (χ3n) is 5.45. The van der Waals surface area contributed by atoms with Crippen molar-refractivity contribution in [3.63, 3.8) is 0 Å². The van der Waals surface area contributed by atoms with Crippen molar-refractivity contribution in [2.75, 3.05) is 12.4 Å². The smallest absolute Gasteiger partial charge is 0.265 e. The Hall–Kier alpha value is -1.80. The highest BCUT2D eigenvalue weighted by Gasteiger charge is 2.29. The predicted molar refractivity (Wildman–Crippen MR) is 123 cm³/mol. The summed E-state index contributed by atoms with van der Waals surface area (Å²) in [5, 5.41) is 3.50. The number of rotatable bonds is 7. The number of halogens is 2. The Kier molecular flexibility index (Phi) is 7.86. The average Bonchev–Trinajstić information content (AvgIpc) is 2.76. The van der Waals surface area contributed by atoms with Crippen LogP contribution in [0, 0.1) is 0 Å². The second-order valence-electron chi connectivity index (χ2n) is 7.66. The van der Waals surface area contributed by atoms with Crippen LogP contribution in [0.2, 0.25) is 10.0 Å². The van der Waals surface area contributed by atoms with Crippen LogP contribution in [-0.4, -0.2) is 37.8 Å². The Labute approximate surface area is 193 Å². The van der Waals surface area contributed by atoms with Crippen LogP contribution in [0.5, 0.6) is 5.75 Å². The molecule has 168 valence electrons. The van der Waals surface area contributed by atoms with E-state index in [1.54, 1.807) is 38.2 Å². The molecule has 2 aromatic carbocycles. The number of ether oxygens (including phenoxy) is 1. The standard InChI is InChI=1S/C22H26Cl2N2O4S/c1-15(30-21-13-8-16(23)14-20(21)24)22(27)25-17-9-11-19(12-10-17)31(28,29)26(2)18-6-4-3-5-7-18/h8-15,18H,3-7H2,1-2H3,(H,25,27). The number of hydrogen-bond donors (Lipinski definition) is 1. The maximum atomic E-state index is 12.9. The van der Waals surface area contributed by atoms with Gasteiger partial charge < -0.3 is 10.1 Å². The maximum absolute atomic E-state index is 12.9. The van der Waals surface area contributed by atoms with Gasteiger partial charge in [-0.3, -0.25) is 4.79 Å². The van der Waals surface area contributed by atoms with E-state index in [-0.39, 0.29) is 16.8 Å². The number of hydrogen-bond acceptors (Lipinski definition) is 4. The van der Waals surface area contributed by atoms with Crippen LogP contribution in [0.4, 0.5) is 5.69 Å². The molecule has 3 rings (SSSR count). The molecule has 1 N–H and O–H groups in total. The molecule has 1 fully saturated rings. The van der Waals surface area contributed by atoms with Gasteiger partial charge in [0.25, 0.3) is 5.91 Å². The number of nitrogens with one attached hydrogen (secondary N) is 1. The van der Waals surface area contributed by atoms with Gasteiger partial charge in [-0.15, -0.1) is 0 Å². The molecule has 1 amide bonds. The third-order valence-corrected chi connectivity index (χ3v) is 7.91. The molecule has 0 aromatic heterocycles. The summed E-state index contributed by atoms with van der Waals surface area (Å²) in [6, 6.07) is 10.9. The fourth-order valence-electron chi connectivity index (χ4n) is 3.58. The molecule has 0 aliphatic heterocycles. The second kappa shape index (κ2) is 10.2. The minimum atomic E-state index is -3.58. The highest BCUT2D eigenvalue weighted by Crippen LogP contribution is 2.29. The molecule has 2 aromatic rings. The molecule has 0 bridgehead atoms.